The van der Waals surface area contributed by atoms with Crippen LogP contribution in [0.2, 0.25) is 0 Å². The standard InChI is InChI=1S/C15H14N4.C15H15NO2/c1-12-7-9-13(10-8-12)11-19-15(16-17-18-19)14-5-3-2-4-6-14;1-18-14-9-7-12(8-10-14)11-16-15(17)13-5-3-2-4-6-13/h2-10H,11H2,1H3;2-10H,11H2,1H3,(H,16,17). The van der Waals surface area contributed by atoms with E-state index in [4.69, 9.17) is 4.74 Å². The van der Waals surface area contributed by atoms with Gasteiger partial charge in [-0.15, -0.1) is 5.10 Å². The lowest BCUT2D eigenvalue weighted by Gasteiger charge is -2.06. The first-order valence-corrected chi connectivity index (χ1v) is 12.0. The van der Waals surface area contributed by atoms with Crippen molar-refractivity contribution < 1.29 is 9.53 Å². The Balaban J connectivity index is 0.000000173. The SMILES string of the molecule is COc1ccc(CNC(=O)c2ccccc2)cc1.Cc1ccc(Cn2nnnc2-c2ccccc2)cc1. The minimum atomic E-state index is -0.0635. The lowest BCUT2D eigenvalue weighted by Crippen LogP contribution is -2.22. The van der Waals surface area contributed by atoms with E-state index in [2.05, 4.69) is 52.0 Å². The normalized spacial score (nSPS) is 10.2. The lowest BCUT2D eigenvalue weighted by molar-refractivity contribution is 0.0951. The van der Waals surface area contributed by atoms with Gasteiger partial charge in [0.25, 0.3) is 5.91 Å². The number of nitrogens with one attached hydrogen (secondary N) is 1. The maximum atomic E-state index is 11.8. The van der Waals surface area contributed by atoms with Gasteiger partial charge >= 0.3 is 0 Å². The molecule has 1 heterocycles. The number of amides is 1. The molecule has 0 bridgehead atoms. The van der Waals surface area contributed by atoms with Crippen LogP contribution >= 0.6 is 0 Å². The second-order valence-corrected chi connectivity index (χ2v) is 8.41. The fraction of sp³-hybridized carbons (Fsp3) is 0.133. The van der Waals surface area contributed by atoms with Gasteiger partial charge in [0.1, 0.15) is 5.75 Å². The number of hydrogen-bond acceptors (Lipinski definition) is 5. The number of hydrogen-bond donors (Lipinski definition) is 1. The summed E-state index contributed by atoms with van der Waals surface area (Å²) in [6, 6.07) is 35.2. The Morgan fingerprint density at radius 2 is 1.43 bits per heavy atom. The minimum Gasteiger partial charge on any atom is -0.497 e. The third-order valence-corrected chi connectivity index (χ3v) is 5.66. The highest BCUT2D eigenvalue weighted by atomic mass is 16.5. The Kier molecular flexibility index (Phi) is 8.75. The van der Waals surface area contributed by atoms with Crippen LogP contribution in [0.15, 0.2) is 109 Å². The molecule has 5 rings (SSSR count). The van der Waals surface area contributed by atoms with Gasteiger partial charge in [-0.25, -0.2) is 4.68 Å². The molecule has 5 aromatic rings. The highest BCUT2D eigenvalue weighted by molar-refractivity contribution is 5.94. The molecule has 0 aliphatic heterocycles. The van der Waals surface area contributed by atoms with Crippen molar-refractivity contribution in [2.45, 2.75) is 20.0 Å². The molecule has 1 aromatic heterocycles. The molecule has 1 N–H and O–H groups in total. The summed E-state index contributed by atoms with van der Waals surface area (Å²) in [6.45, 7) is 3.27. The van der Waals surface area contributed by atoms with Gasteiger partial charge in [0, 0.05) is 17.7 Å². The molecule has 0 saturated carbocycles. The maximum absolute atomic E-state index is 11.8. The number of nitrogens with zero attached hydrogens (tertiary/aromatic N) is 4. The molecular weight excluding hydrogens is 462 g/mol. The number of aromatic nitrogens is 4. The zero-order valence-electron chi connectivity index (χ0n) is 20.9. The topological polar surface area (TPSA) is 81.9 Å². The molecular formula is C30H29N5O2. The van der Waals surface area contributed by atoms with Gasteiger partial charge in [-0.1, -0.05) is 90.5 Å². The van der Waals surface area contributed by atoms with Crippen LogP contribution in [0.5, 0.6) is 5.75 Å². The molecule has 0 aliphatic carbocycles. The number of carbonyl (C=O) groups excluding carboxylic acids is 1. The molecule has 37 heavy (non-hydrogen) atoms. The van der Waals surface area contributed by atoms with E-state index in [1.165, 1.54) is 11.1 Å². The zero-order valence-corrected chi connectivity index (χ0v) is 20.9. The number of carbonyl (C=O) groups is 1. The average Bonchev–Trinajstić information content (AvgIpc) is 3.42. The summed E-state index contributed by atoms with van der Waals surface area (Å²) in [4.78, 5) is 11.8. The van der Waals surface area contributed by atoms with Gasteiger partial charge < -0.3 is 10.1 Å². The fourth-order valence-corrected chi connectivity index (χ4v) is 3.59. The highest BCUT2D eigenvalue weighted by Crippen LogP contribution is 2.16. The van der Waals surface area contributed by atoms with Crippen LogP contribution in [-0.2, 0) is 13.1 Å². The van der Waals surface area contributed by atoms with Crippen LogP contribution < -0.4 is 10.1 Å². The van der Waals surface area contributed by atoms with Crippen molar-refractivity contribution in [2.24, 2.45) is 0 Å². The van der Waals surface area contributed by atoms with Crippen molar-refractivity contribution in [3.63, 3.8) is 0 Å². The van der Waals surface area contributed by atoms with Crippen LogP contribution in [0.4, 0.5) is 0 Å². The summed E-state index contributed by atoms with van der Waals surface area (Å²) in [7, 11) is 1.63. The van der Waals surface area contributed by atoms with Crippen molar-refractivity contribution in [2.75, 3.05) is 7.11 Å². The Morgan fingerprint density at radius 3 is 2.08 bits per heavy atom. The minimum absolute atomic E-state index is 0.0635. The zero-order chi connectivity index (χ0) is 25.9. The largest absolute Gasteiger partial charge is 0.497 e. The molecule has 0 fully saturated rings. The van der Waals surface area contributed by atoms with Gasteiger partial charge in [-0.2, -0.15) is 0 Å². The van der Waals surface area contributed by atoms with Crippen LogP contribution in [0.1, 0.15) is 27.0 Å². The highest BCUT2D eigenvalue weighted by Gasteiger charge is 2.08. The maximum Gasteiger partial charge on any atom is 0.251 e. The number of tetrazole rings is 1. The molecule has 0 atom stereocenters. The van der Waals surface area contributed by atoms with Gasteiger partial charge in [-0.3, -0.25) is 4.79 Å². The first kappa shape index (κ1) is 25.3. The Hall–Kier alpha value is -4.78. The molecule has 0 saturated heterocycles. The van der Waals surface area contributed by atoms with Crippen LogP contribution in [-0.4, -0.2) is 33.2 Å². The van der Waals surface area contributed by atoms with Crippen LogP contribution in [0, 0.1) is 6.92 Å². The number of benzene rings is 4. The second kappa shape index (κ2) is 12.8. The van der Waals surface area contributed by atoms with Gasteiger partial charge in [0.15, 0.2) is 5.82 Å². The van der Waals surface area contributed by atoms with Crippen molar-refractivity contribution in [1.29, 1.82) is 0 Å². The molecule has 7 heteroatoms. The molecule has 0 spiro atoms. The number of ether oxygens (including phenoxy) is 1. The first-order valence-electron chi connectivity index (χ1n) is 12.0. The molecule has 0 unspecified atom stereocenters. The van der Waals surface area contributed by atoms with Crippen molar-refractivity contribution in [3.8, 4) is 17.1 Å². The summed E-state index contributed by atoms with van der Waals surface area (Å²) in [5.74, 6) is 1.54. The smallest absolute Gasteiger partial charge is 0.251 e. The lowest BCUT2D eigenvalue weighted by atomic mass is 10.1. The van der Waals surface area contributed by atoms with Crippen LogP contribution in [0.25, 0.3) is 11.4 Å². The van der Waals surface area contributed by atoms with E-state index in [0.29, 0.717) is 18.7 Å². The third kappa shape index (κ3) is 7.35. The predicted octanol–water partition coefficient (Wildman–Crippen LogP) is 5.32. The van der Waals surface area contributed by atoms with E-state index in [0.717, 1.165) is 22.7 Å². The number of methoxy groups -OCH3 is 1. The monoisotopic (exact) mass is 491 g/mol. The summed E-state index contributed by atoms with van der Waals surface area (Å²) >= 11 is 0. The summed E-state index contributed by atoms with van der Waals surface area (Å²) in [6.07, 6.45) is 0. The summed E-state index contributed by atoms with van der Waals surface area (Å²) in [5.41, 5.74) is 5.18. The van der Waals surface area contributed by atoms with Gasteiger partial charge in [0.05, 0.1) is 13.7 Å². The van der Waals surface area contributed by atoms with E-state index >= 15 is 0 Å². The Bertz CT molecular complexity index is 1380. The number of aryl methyl sites for hydroxylation is 1. The van der Waals surface area contributed by atoms with Gasteiger partial charge in [0.2, 0.25) is 0 Å². The van der Waals surface area contributed by atoms with Gasteiger partial charge in [-0.05, 0) is 52.7 Å². The predicted molar refractivity (Wildman–Crippen MR) is 144 cm³/mol. The Morgan fingerprint density at radius 1 is 0.811 bits per heavy atom. The fourth-order valence-electron chi connectivity index (χ4n) is 3.59. The third-order valence-electron chi connectivity index (χ3n) is 5.66. The molecule has 4 aromatic carbocycles. The van der Waals surface area contributed by atoms with Crippen molar-refractivity contribution in [1.82, 2.24) is 25.5 Å². The molecule has 0 radical (unpaired) electrons. The van der Waals surface area contributed by atoms with E-state index in [9.17, 15) is 4.79 Å². The second-order valence-electron chi connectivity index (χ2n) is 8.41. The van der Waals surface area contributed by atoms with E-state index in [1.54, 1.807) is 19.2 Å². The molecule has 186 valence electrons. The van der Waals surface area contributed by atoms with Crippen LogP contribution in [0.3, 0.4) is 0 Å². The van der Waals surface area contributed by atoms with E-state index < -0.39 is 0 Å². The quantitative estimate of drug-likeness (QED) is 0.333. The summed E-state index contributed by atoms with van der Waals surface area (Å²) in [5, 5.41) is 14.8. The molecule has 1 amide bonds. The van der Waals surface area contributed by atoms with E-state index in [-0.39, 0.29) is 5.91 Å². The Labute approximate surface area is 216 Å². The molecule has 0 aliphatic rings. The van der Waals surface area contributed by atoms with Crippen molar-refractivity contribution in [3.05, 3.63) is 131 Å². The number of rotatable bonds is 7. The van der Waals surface area contributed by atoms with E-state index in [1.807, 2.05) is 77.5 Å². The van der Waals surface area contributed by atoms with Crippen molar-refractivity contribution >= 4 is 5.91 Å². The first-order chi connectivity index (χ1) is 18.1. The summed E-state index contributed by atoms with van der Waals surface area (Å²) < 4.78 is 6.90. The molecule has 7 nitrogen and oxygen atoms in total. The average molecular weight is 492 g/mol.